The fraction of sp³-hybridized carbons (Fsp3) is 0.300. The van der Waals surface area contributed by atoms with Crippen LogP contribution in [0, 0.1) is 12.7 Å². The molecule has 1 heterocycles. The summed E-state index contributed by atoms with van der Waals surface area (Å²) in [6.45, 7) is 4.11. The number of benzene rings is 2. The van der Waals surface area contributed by atoms with Gasteiger partial charge in [0.1, 0.15) is 5.75 Å². The fourth-order valence-corrected chi connectivity index (χ4v) is 4.17. The van der Waals surface area contributed by atoms with E-state index in [4.69, 9.17) is 9.47 Å². The highest BCUT2D eigenvalue weighted by atomic mass is 32.2. The van der Waals surface area contributed by atoms with Crippen LogP contribution in [0.5, 0.6) is 11.5 Å². The Morgan fingerprint density at radius 1 is 1.18 bits per heavy atom. The molecule has 0 aliphatic carbocycles. The molecule has 3 aromatic rings. The Hall–Kier alpha value is -2.58. The standard InChI is InChI=1S/C20H23FN2O4S/c1-4-27-20-12-15(6-7-18(20)21)28(24,25)22-10-9-16-13(2)23-19-8-5-14(26-3)11-17(16)19/h5-8,11-12,22-23H,4,9-10H2,1-3H3. The van der Waals surface area contributed by atoms with Crippen LogP contribution in [0.25, 0.3) is 10.9 Å². The summed E-state index contributed by atoms with van der Waals surface area (Å²) in [4.78, 5) is 3.26. The Kier molecular flexibility index (Phi) is 5.90. The second-order valence-electron chi connectivity index (χ2n) is 6.31. The van der Waals surface area contributed by atoms with Gasteiger partial charge in [0.15, 0.2) is 11.6 Å². The van der Waals surface area contributed by atoms with Crippen molar-refractivity contribution in [2.24, 2.45) is 0 Å². The van der Waals surface area contributed by atoms with Gasteiger partial charge in [0.25, 0.3) is 0 Å². The number of aryl methyl sites for hydroxylation is 1. The third-order valence-corrected chi connectivity index (χ3v) is 5.97. The van der Waals surface area contributed by atoms with Crippen molar-refractivity contribution in [2.75, 3.05) is 20.3 Å². The van der Waals surface area contributed by atoms with E-state index in [1.54, 1.807) is 14.0 Å². The molecule has 150 valence electrons. The number of halogens is 1. The molecule has 3 rings (SSSR count). The van der Waals surface area contributed by atoms with E-state index in [0.29, 0.717) is 6.42 Å². The van der Waals surface area contributed by atoms with Crippen molar-refractivity contribution < 1.29 is 22.3 Å². The lowest BCUT2D eigenvalue weighted by Gasteiger charge is -2.10. The minimum absolute atomic E-state index is 0.0327. The third-order valence-electron chi connectivity index (χ3n) is 4.51. The van der Waals surface area contributed by atoms with Crippen molar-refractivity contribution >= 4 is 20.9 Å². The number of fused-ring (bicyclic) bond motifs is 1. The molecule has 6 nitrogen and oxygen atoms in total. The Morgan fingerprint density at radius 3 is 2.68 bits per heavy atom. The summed E-state index contributed by atoms with van der Waals surface area (Å²) in [5, 5.41) is 0.997. The molecule has 0 atom stereocenters. The summed E-state index contributed by atoms with van der Waals surface area (Å²) >= 11 is 0. The molecule has 0 spiro atoms. The van der Waals surface area contributed by atoms with Crippen LogP contribution in [-0.4, -0.2) is 33.7 Å². The van der Waals surface area contributed by atoms with Gasteiger partial charge in [-0.05, 0) is 56.2 Å². The number of aromatic nitrogens is 1. The molecule has 0 aliphatic heterocycles. The molecular formula is C20H23FN2O4S. The summed E-state index contributed by atoms with van der Waals surface area (Å²) in [6, 6.07) is 9.25. The van der Waals surface area contributed by atoms with Crippen molar-refractivity contribution in [1.82, 2.24) is 9.71 Å². The Balaban J connectivity index is 1.76. The van der Waals surface area contributed by atoms with Gasteiger partial charge in [-0.25, -0.2) is 17.5 Å². The molecule has 28 heavy (non-hydrogen) atoms. The summed E-state index contributed by atoms with van der Waals surface area (Å²) < 4.78 is 51.8. The number of methoxy groups -OCH3 is 1. The predicted octanol–water partition coefficient (Wildman–Crippen LogP) is 3.54. The topological polar surface area (TPSA) is 80.4 Å². The highest BCUT2D eigenvalue weighted by Gasteiger charge is 2.17. The number of hydrogen-bond acceptors (Lipinski definition) is 4. The number of aromatic amines is 1. The molecule has 0 fully saturated rings. The molecule has 0 saturated carbocycles. The van der Waals surface area contributed by atoms with Gasteiger partial charge in [0.05, 0.1) is 18.6 Å². The molecule has 8 heteroatoms. The summed E-state index contributed by atoms with van der Waals surface area (Å²) in [5.41, 5.74) is 2.96. The Morgan fingerprint density at radius 2 is 1.96 bits per heavy atom. The molecule has 0 amide bonds. The van der Waals surface area contributed by atoms with E-state index < -0.39 is 15.8 Å². The number of hydrogen-bond donors (Lipinski definition) is 2. The van der Waals surface area contributed by atoms with Gasteiger partial charge >= 0.3 is 0 Å². The minimum atomic E-state index is -3.78. The van der Waals surface area contributed by atoms with Crippen molar-refractivity contribution in [3.05, 3.63) is 53.5 Å². The maximum atomic E-state index is 13.7. The first-order chi connectivity index (χ1) is 13.4. The second kappa shape index (κ2) is 8.20. The maximum Gasteiger partial charge on any atom is 0.240 e. The normalized spacial score (nSPS) is 11.7. The van der Waals surface area contributed by atoms with Gasteiger partial charge < -0.3 is 14.5 Å². The van der Waals surface area contributed by atoms with Crippen LogP contribution in [0.2, 0.25) is 0 Å². The van der Waals surface area contributed by atoms with E-state index in [0.717, 1.165) is 34.0 Å². The molecule has 0 bridgehead atoms. The molecule has 0 unspecified atom stereocenters. The Labute approximate surface area is 163 Å². The zero-order valence-electron chi connectivity index (χ0n) is 16.0. The molecule has 1 aromatic heterocycles. The van der Waals surface area contributed by atoms with Crippen LogP contribution in [-0.2, 0) is 16.4 Å². The van der Waals surface area contributed by atoms with Gasteiger partial charge in [-0.15, -0.1) is 0 Å². The summed E-state index contributed by atoms with van der Waals surface area (Å²) in [5.74, 6) is 0.0669. The van der Waals surface area contributed by atoms with Crippen LogP contribution in [0.15, 0.2) is 41.3 Å². The van der Waals surface area contributed by atoms with E-state index in [9.17, 15) is 12.8 Å². The monoisotopic (exact) mass is 406 g/mol. The molecule has 2 N–H and O–H groups in total. The van der Waals surface area contributed by atoms with Gasteiger partial charge in [-0.3, -0.25) is 0 Å². The number of rotatable bonds is 8. The Bertz CT molecular complexity index is 1090. The minimum Gasteiger partial charge on any atom is -0.497 e. The summed E-state index contributed by atoms with van der Waals surface area (Å²) in [7, 11) is -2.18. The smallest absolute Gasteiger partial charge is 0.240 e. The summed E-state index contributed by atoms with van der Waals surface area (Å²) in [6.07, 6.45) is 0.498. The predicted molar refractivity (Wildman–Crippen MR) is 106 cm³/mol. The molecular weight excluding hydrogens is 383 g/mol. The average molecular weight is 406 g/mol. The second-order valence-corrected chi connectivity index (χ2v) is 8.08. The van der Waals surface area contributed by atoms with Crippen molar-refractivity contribution in [3.63, 3.8) is 0 Å². The van der Waals surface area contributed by atoms with E-state index in [1.165, 1.54) is 12.1 Å². The number of sulfonamides is 1. The zero-order chi connectivity index (χ0) is 20.3. The van der Waals surface area contributed by atoms with Crippen LogP contribution < -0.4 is 14.2 Å². The number of nitrogens with one attached hydrogen (secondary N) is 2. The van der Waals surface area contributed by atoms with Gasteiger partial charge in [-0.2, -0.15) is 0 Å². The van der Waals surface area contributed by atoms with Crippen LogP contribution in [0.3, 0.4) is 0 Å². The van der Waals surface area contributed by atoms with E-state index in [2.05, 4.69) is 9.71 Å². The van der Waals surface area contributed by atoms with Gasteiger partial charge in [0.2, 0.25) is 10.0 Å². The first kappa shape index (κ1) is 20.2. The van der Waals surface area contributed by atoms with Crippen molar-refractivity contribution in [2.45, 2.75) is 25.2 Å². The average Bonchev–Trinajstić information content (AvgIpc) is 2.98. The third kappa shape index (κ3) is 4.13. The SMILES string of the molecule is CCOc1cc(S(=O)(=O)NCCc2c(C)[nH]c3ccc(OC)cc23)ccc1F. The zero-order valence-corrected chi connectivity index (χ0v) is 16.8. The van der Waals surface area contributed by atoms with E-state index in [1.807, 2.05) is 25.1 Å². The van der Waals surface area contributed by atoms with E-state index >= 15 is 0 Å². The van der Waals surface area contributed by atoms with Gasteiger partial charge in [0, 0.05) is 29.2 Å². The molecule has 0 aliphatic rings. The van der Waals surface area contributed by atoms with Crippen molar-refractivity contribution in [3.8, 4) is 11.5 Å². The lowest BCUT2D eigenvalue weighted by atomic mass is 10.1. The first-order valence-electron chi connectivity index (χ1n) is 8.93. The quantitative estimate of drug-likeness (QED) is 0.600. The van der Waals surface area contributed by atoms with Crippen LogP contribution >= 0.6 is 0 Å². The molecule has 0 saturated heterocycles. The van der Waals surface area contributed by atoms with Gasteiger partial charge in [-0.1, -0.05) is 0 Å². The molecule has 2 aromatic carbocycles. The maximum absolute atomic E-state index is 13.7. The first-order valence-corrected chi connectivity index (χ1v) is 10.4. The number of ether oxygens (including phenoxy) is 2. The highest BCUT2D eigenvalue weighted by molar-refractivity contribution is 7.89. The lowest BCUT2D eigenvalue weighted by molar-refractivity contribution is 0.320. The van der Waals surface area contributed by atoms with E-state index in [-0.39, 0.29) is 23.8 Å². The lowest BCUT2D eigenvalue weighted by Crippen LogP contribution is -2.26. The molecule has 0 radical (unpaired) electrons. The highest BCUT2D eigenvalue weighted by Crippen LogP contribution is 2.27. The van der Waals surface area contributed by atoms with Crippen molar-refractivity contribution in [1.29, 1.82) is 0 Å². The fourth-order valence-electron chi connectivity index (χ4n) is 3.12. The van der Waals surface area contributed by atoms with Crippen LogP contribution in [0.4, 0.5) is 4.39 Å². The number of H-pyrrole nitrogens is 1. The van der Waals surface area contributed by atoms with Crippen LogP contribution in [0.1, 0.15) is 18.2 Å². The largest absolute Gasteiger partial charge is 0.497 e.